The minimum atomic E-state index is 0.108. The predicted molar refractivity (Wildman–Crippen MR) is 70.9 cm³/mol. The molecule has 2 rings (SSSR count). The number of aromatic nitrogens is 1. The van der Waals surface area contributed by atoms with Gasteiger partial charge in [0.25, 0.3) is 0 Å². The number of nitrogens with one attached hydrogen (secondary N) is 1. The lowest BCUT2D eigenvalue weighted by Gasteiger charge is -2.28. The van der Waals surface area contributed by atoms with Crippen LogP contribution in [0, 0.1) is 0 Å². The summed E-state index contributed by atoms with van der Waals surface area (Å²) in [6.45, 7) is 5.45. The molecule has 3 heteroatoms. The maximum atomic E-state index is 6.07. The van der Waals surface area contributed by atoms with Crippen molar-refractivity contribution in [3.63, 3.8) is 0 Å². The first-order valence-corrected chi connectivity index (χ1v) is 6.49. The van der Waals surface area contributed by atoms with E-state index < -0.39 is 0 Å². The highest BCUT2D eigenvalue weighted by molar-refractivity contribution is 5.20. The number of nitrogens with two attached hydrogens (primary N) is 1. The van der Waals surface area contributed by atoms with E-state index in [0.29, 0.717) is 12.1 Å². The molecule has 0 aliphatic heterocycles. The molecule has 0 saturated heterocycles. The number of hydrogen-bond acceptors (Lipinski definition) is 3. The molecule has 1 saturated carbocycles. The summed E-state index contributed by atoms with van der Waals surface area (Å²) in [4.78, 5) is 4.19. The van der Waals surface area contributed by atoms with Crippen molar-refractivity contribution in [2.24, 2.45) is 5.73 Å². The number of hydrogen-bond donors (Lipinski definition) is 2. The van der Waals surface area contributed by atoms with Gasteiger partial charge in [0.15, 0.2) is 0 Å². The smallest absolute Gasteiger partial charge is 0.0305 e. The van der Waals surface area contributed by atoms with Gasteiger partial charge < -0.3 is 11.1 Å². The quantitative estimate of drug-likeness (QED) is 0.834. The second kappa shape index (κ2) is 5.15. The summed E-state index contributed by atoms with van der Waals surface area (Å²) in [6, 6.07) is 4.97. The summed E-state index contributed by atoms with van der Waals surface area (Å²) in [5.41, 5.74) is 7.46. The second-order valence-electron chi connectivity index (χ2n) is 5.71. The van der Waals surface area contributed by atoms with Crippen molar-refractivity contribution >= 4 is 0 Å². The third-order valence-electron chi connectivity index (χ3n) is 3.82. The van der Waals surface area contributed by atoms with Gasteiger partial charge in [-0.25, -0.2) is 0 Å². The lowest BCUT2D eigenvalue weighted by molar-refractivity contribution is 0.399. The minimum Gasteiger partial charge on any atom is -0.326 e. The molecular weight excluding hydrogens is 210 g/mol. The molecule has 1 aromatic heterocycles. The third kappa shape index (κ3) is 3.05. The van der Waals surface area contributed by atoms with Crippen molar-refractivity contribution in [2.75, 3.05) is 6.54 Å². The van der Waals surface area contributed by atoms with E-state index in [4.69, 9.17) is 5.73 Å². The van der Waals surface area contributed by atoms with Crippen molar-refractivity contribution in [1.82, 2.24) is 10.3 Å². The van der Waals surface area contributed by atoms with Crippen LogP contribution in [0.5, 0.6) is 0 Å². The number of rotatable bonds is 4. The Morgan fingerprint density at radius 1 is 1.47 bits per heavy atom. The van der Waals surface area contributed by atoms with Gasteiger partial charge in [0, 0.05) is 36.4 Å². The van der Waals surface area contributed by atoms with Crippen LogP contribution in [-0.2, 0) is 5.41 Å². The highest BCUT2D eigenvalue weighted by Crippen LogP contribution is 2.23. The molecule has 1 aliphatic rings. The molecule has 0 spiro atoms. The summed E-state index contributed by atoms with van der Waals surface area (Å²) < 4.78 is 0. The molecule has 1 aliphatic carbocycles. The Morgan fingerprint density at radius 2 is 2.29 bits per heavy atom. The van der Waals surface area contributed by atoms with Crippen molar-refractivity contribution < 1.29 is 0 Å². The maximum absolute atomic E-state index is 6.07. The Hall–Kier alpha value is -0.930. The van der Waals surface area contributed by atoms with Crippen LogP contribution in [0.15, 0.2) is 24.5 Å². The van der Waals surface area contributed by atoms with Gasteiger partial charge in [-0.2, -0.15) is 0 Å². The Morgan fingerprint density at radius 3 is 2.88 bits per heavy atom. The zero-order valence-electron chi connectivity index (χ0n) is 10.8. The first-order valence-electron chi connectivity index (χ1n) is 6.49. The summed E-state index contributed by atoms with van der Waals surface area (Å²) in [5.74, 6) is 0. The van der Waals surface area contributed by atoms with Gasteiger partial charge in [-0.3, -0.25) is 4.98 Å². The fraction of sp³-hybridized carbons (Fsp3) is 0.643. The first-order chi connectivity index (χ1) is 8.09. The van der Waals surface area contributed by atoms with E-state index in [9.17, 15) is 0 Å². The molecule has 0 bridgehead atoms. The summed E-state index contributed by atoms with van der Waals surface area (Å²) in [5, 5.41) is 3.62. The lowest BCUT2D eigenvalue weighted by atomic mass is 9.85. The van der Waals surface area contributed by atoms with Crippen LogP contribution in [0.25, 0.3) is 0 Å². The normalized spacial score (nSPS) is 25.1. The van der Waals surface area contributed by atoms with Crippen LogP contribution in [0.3, 0.4) is 0 Å². The van der Waals surface area contributed by atoms with Crippen molar-refractivity contribution in [3.8, 4) is 0 Å². The van der Waals surface area contributed by atoms with Gasteiger partial charge in [-0.1, -0.05) is 26.3 Å². The highest BCUT2D eigenvalue weighted by Gasteiger charge is 2.27. The molecular formula is C14H23N3. The average molecular weight is 233 g/mol. The third-order valence-corrected chi connectivity index (χ3v) is 3.82. The minimum absolute atomic E-state index is 0.108. The molecule has 1 fully saturated rings. The second-order valence-corrected chi connectivity index (χ2v) is 5.71. The topological polar surface area (TPSA) is 50.9 Å². The van der Waals surface area contributed by atoms with E-state index >= 15 is 0 Å². The molecule has 3 N–H and O–H groups in total. The van der Waals surface area contributed by atoms with Crippen molar-refractivity contribution in [3.05, 3.63) is 30.1 Å². The van der Waals surface area contributed by atoms with Crippen LogP contribution < -0.4 is 11.1 Å². The average Bonchev–Trinajstić information content (AvgIpc) is 2.74. The molecule has 1 aromatic rings. The van der Waals surface area contributed by atoms with Crippen LogP contribution in [-0.4, -0.2) is 23.6 Å². The van der Waals surface area contributed by atoms with E-state index in [0.717, 1.165) is 13.0 Å². The van der Waals surface area contributed by atoms with Crippen LogP contribution >= 0.6 is 0 Å². The first kappa shape index (κ1) is 12.5. The Bertz CT molecular complexity index is 348. The van der Waals surface area contributed by atoms with Gasteiger partial charge >= 0.3 is 0 Å². The van der Waals surface area contributed by atoms with Crippen LogP contribution in [0.4, 0.5) is 0 Å². The molecule has 2 atom stereocenters. The Balaban J connectivity index is 1.93. The predicted octanol–water partition coefficient (Wildman–Crippen LogP) is 1.83. The van der Waals surface area contributed by atoms with E-state index in [1.807, 2.05) is 18.5 Å². The highest BCUT2D eigenvalue weighted by atomic mass is 15.0. The van der Waals surface area contributed by atoms with Gasteiger partial charge in [0.05, 0.1) is 0 Å². The molecule has 17 heavy (non-hydrogen) atoms. The lowest BCUT2D eigenvalue weighted by Crippen LogP contribution is -2.45. The molecule has 1 heterocycles. The van der Waals surface area contributed by atoms with Crippen LogP contribution in [0.2, 0.25) is 0 Å². The van der Waals surface area contributed by atoms with E-state index in [-0.39, 0.29) is 5.41 Å². The zero-order valence-corrected chi connectivity index (χ0v) is 10.8. The van der Waals surface area contributed by atoms with E-state index in [1.165, 1.54) is 18.4 Å². The summed E-state index contributed by atoms with van der Waals surface area (Å²) >= 11 is 0. The monoisotopic (exact) mass is 233 g/mol. The molecule has 0 amide bonds. The summed E-state index contributed by atoms with van der Waals surface area (Å²) in [7, 11) is 0. The standard InChI is InChI=1S/C14H23N3/c1-14(2,11-5-4-8-16-9-11)10-17-13-7-3-6-12(13)15/h4-5,8-9,12-13,17H,3,6-7,10,15H2,1-2H3. The molecule has 0 radical (unpaired) electrons. The molecule has 3 nitrogen and oxygen atoms in total. The Kier molecular flexibility index (Phi) is 3.79. The van der Waals surface area contributed by atoms with E-state index in [1.54, 1.807) is 0 Å². The van der Waals surface area contributed by atoms with Gasteiger partial charge in [0.2, 0.25) is 0 Å². The van der Waals surface area contributed by atoms with Gasteiger partial charge in [-0.05, 0) is 24.5 Å². The fourth-order valence-corrected chi connectivity index (χ4v) is 2.49. The zero-order chi connectivity index (χ0) is 12.3. The van der Waals surface area contributed by atoms with Crippen molar-refractivity contribution in [2.45, 2.75) is 50.6 Å². The number of nitrogens with zero attached hydrogens (tertiary/aromatic N) is 1. The van der Waals surface area contributed by atoms with Crippen molar-refractivity contribution in [1.29, 1.82) is 0 Å². The Labute approximate surface area is 104 Å². The largest absolute Gasteiger partial charge is 0.326 e. The van der Waals surface area contributed by atoms with Gasteiger partial charge in [-0.15, -0.1) is 0 Å². The SMILES string of the molecule is CC(C)(CNC1CCCC1N)c1cccnc1. The van der Waals surface area contributed by atoms with Gasteiger partial charge in [0.1, 0.15) is 0 Å². The molecule has 2 unspecified atom stereocenters. The molecule has 94 valence electrons. The number of pyridine rings is 1. The molecule has 0 aromatic carbocycles. The van der Waals surface area contributed by atoms with E-state index in [2.05, 4.69) is 30.2 Å². The fourth-order valence-electron chi connectivity index (χ4n) is 2.49. The van der Waals surface area contributed by atoms with Crippen LogP contribution in [0.1, 0.15) is 38.7 Å². The maximum Gasteiger partial charge on any atom is 0.0305 e. The summed E-state index contributed by atoms with van der Waals surface area (Å²) in [6.07, 6.45) is 7.40.